The van der Waals surface area contributed by atoms with Gasteiger partial charge in [-0.25, -0.2) is 13.1 Å². The molecule has 0 unspecified atom stereocenters. The van der Waals surface area contributed by atoms with Crippen molar-refractivity contribution in [3.05, 3.63) is 29.3 Å². The van der Waals surface area contributed by atoms with E-state index in [9.17, 15) is 8.42 Å². The molecule has 0 fully saturated rings. The largest absolute Gasteiger partial charge is 0.317 e. The number of hydrogen-bond donors (Lipinski definition) is 2. The quantitative estimate of drug-likeness (QED) is 0.744. The van der Waals surface area contributed by atoms with Gasteiger partial charge in [0.25, 0.3) is 0 Å². The molecule has 1 aromatic carbocycles. The fraction of sp³-hybridized carbons (Fsp3) is 0.571. The van der Waals surface area contributed by atoms with E-state index in [1.807, 2.05) is 19.1 Å². The third kappa shape index (κ3) is 3.78. The summed E-state index contributed by atoms with van der Waals surface area (Å²) in [6.07, 6.45) is 4.01. The van der Waals surface area contributed by atoms with Crippen LogP contribution < -0.4 is 10.0 Å². The van der Waals surface area contributed by atoms with Gasteiger partial charge in [-0.2, -0.15) is 0 Å². The summed E-state index contributed by atoms with van der Waals surface area (Å²) < 4.78 is 26.9. The first-order valence-corrected chi connectivity index (χ1v) is 8.44. The molecular formula is C14H22N2O2S. The van der Waals surface area contributed by atoms with Gasteiger partial charge < -0.3 is 5.32 Å². The van der Waals surface area contributed by atoms with Crippen LogP contribution >= 0.6 is 0 Å². The van der Waals surface area contributed by atoms with Crippen molar-refractivity contribution >= 4 is 10.0 Å². The topological polar surface area (TPSA) is 58.2 Å². The minimum absolute atomic E-state index is 0.400. The van der Waals surface area contributed by atoms with Crippen molar-refractivity contribution in [2.75, 3.05) is 19.6 Å². The standard InChI is InChI=1S/C14H22N2O2S/c1-2-15-9-4-10-16-19(17,18)14-8-7-12-5-3-6-13(12)11-14/h7-8,11,15-16H,2-6,9-10H2,1H3. The highest BCUT2D eigenvalue weighted by molar-refractivity contribution is 7.89. The van der Waals surface area contributed by atoms with Crippen LogP contribution in [0.15, 0.2) is 23.1 Å². The number of nitrogens with one attached hydrogen (secondary N) is 2. The lowest BCUT2D eigenvalue weighted by Gasteiger charge is -2.08. The Morgan fingerprint density at radius 3 is 2.74 bits per heavy atom. The molecule has 1 aliphatic carbocycles. The van der Waals surface area contributed by atoms with Gasteiger partial charge in [-0.15, -0.1) is 0 Å². The van der Waals surface area contributed by atoms with Crippen LogP contribution in [0.1, 0.15) is 30.9 Å². The highest BCUT2D eigenvalue weighted by atomic mass is 32.2. The average Bonchev–Trinajstić information content (AvgIpc) is 2.85. The summed E-state index contributed by atoms with van der Waals surface area (Å²) in [6.45, 7) is 4.27. The van der Waals surface area contributed by atoms with E-state index in [1.54, 1.807) is 6.07 Å². The lowest BCUT2D eigenvalue weighted by atomic mass is 10.1. The Morgan fingerprint density at radius 2 is 1.95 bits per heavy atom. The van der Waals surface area contributed by atoms with Gasteiger partial charge in [0, 0.05) is 6.54 Å². The van der Waals surface area contributed by atoms with Crippen molar-refractivity contribution in [2.45, 2.75) is 37.5 Å². The smallest absolute Gasteiger partial charge is 0.240 e. The Bertz CT molecular complexity index is 526. The number of sulfonamides is 1. The maximum absolute atomic E-state index is 12.1. The molecular weight excluding hydrogens is 260 g/mol. The highest BCUT2D eigenvalue weighted by Crippen LogP contribution is 2.24. The first-order valence-electron chi connectivity index (χ1n) is 6.95. The lowest BCUT2D eigenvalue weighted by molar-refractivity contribution is 0.575. The van der Waals surface area contributed by atoms with Crippen molar-refractivity contribution < 1.29 is 8.42 Å². The second-order valence-corrected chi connectivity index (χ2v) is 6.66. The number of hydrogen-bond acceptors (Lipinski definition) is 3. The van der Waals surface area contributed by atoms with E-state index in [4.69, 9.17) is 0 Å². The average molecular weight is 282 g/mol. The summed E-state index contributed by atoms with van der Waals surface area (Å²) in [5.74, 6) is 0. The number of rotatable bonds is 7. The third-order valence-electron chi connectivity index (χ3n) is 3.45. The SMILES string of the molecule is CCNCCCNS(=O)(=O)c1ccc2c(c1)CCC2. The van der Waals surface area contributed by atoms with Crippen molar-refractivity contribution in [2.24, 2.45) is 0 Å². The molecule has 106 valence electrons. The maximum Gasteiger partial charge on any atom is 0.240 e. The fourth-order valence-electron chi connectivity index (χ4n) is 2.40. The zero-order valence-corrected chi connectivity index (χ0v) is 12.2. The zero-order chi connectivity index (χ0) is 13.7. The molecule has 1 aromatic rings. The maximum atomic E-state index is 12.1. The predicted molar refractivity (Wildman–Crippen MR) is 76.8 cm³/mol. The molecule has 0 amide bonds. The lowest BCUT2D eigenvalue weighted by Crippen LogP contribution is -2.27. The molecule has 0 saturated carbocycles. The Hall–Kier alpha value is -0.910. The van der Waals surface area contributed by atoms with Crippen LogP contribution in [0.4, 0.5) is 0 Å². The van der Waals surface area contributed by atoms with Crippen LogP contribution in [0.25, 0.3) is 0 Å². The number of aryl methyl sites for hydroxylation is 2. The second-order valence-electron chi connectivity index (χ2n) is 4.89. The van der Waals surface area contributed by atoms with E-state index in [0.29, 0.717) is 11.4 Å². The zero-order valence-electron chi connectivity index (χ0n) is 11.4. The van der Waals surface area contributed by atoms with E-state index in [1.165, 1.54) is 11.1 Å². The summed E-state index contributed by atoms with van der Waals surface area (Å²) >= 11 is 0. The van der Waals surface area contributed by atoms with Gasteiger partial charge in [0.15, 0.2) is 0 Å². The first-order chi connectivity index (χ1) is 9.13. The predicted octanol–water partition coefficient (Wildman–Crippen LogP) is 1.45. The molecule has 0 spiro atoms. The van der Waals surface area contributed by atoms with E-state index >= 15 is 0 Å². The van der Waals surface area contributed by atoms with Gasteiger partial charge in [0.1, 0.15) is 0 Å². The van der Waals surface area contributed by atoms with Gasteiger partial charge in [-0.05, 0) is 62.0 Å². The molecule has 19 heavy (non-hydrogen) atoms. The van der Waals surface area contributed by atoms with Crippen LogP contribution in [0.2, 0.25) is 0 Å². The molecule has 5 heteroatoms. The fourth-order valence-corrected chi connectivity index (χ4v) is 3.52. The Morgan fingerprint density at radius 1 is 1.16 bits per heavy atom. The van der Waals surface area contributed by atoms with Gasteiger partial charge in [-0.3, -0.25) is 0 Å². The van der Waals surface area contributed by atoms with Crippen molar-refractivity contribution in [1.82, 2.24) is 10.0 Å². The van der Waals surface area contributed by atoms with Gasteiger partial charge in [0.05, 0.1) is 4.90 Å². The van der Waals surface area contributed by atoms with E-state index in [-0.39, 0.29) is 0 Å². The molecule has 2 N–H and O–H groups in total. The summed E-state index contributed by atoms with van der Waals surface area (Å²) in [6, 6.07) is 5.50. The normalized spacial score (nSPS) is 14.6. The monoisotopic (exact) mass is 282 g/mol. The van der Waals surface area contributed by atoms with E-state index in [2.05, 4.69) is 10.0 Å². The molecule has 2 rings (SSSR count). The van der Waals surface area contributed by atoms with E-state index in [0.717, 1.165) is 38.8 Å². The molecule has 4 nitrogen and oxygen atoms in total. The Labute approximate surface area is 115 Å². The van der Waals surface area contributed by atoms with Crippen molar-refractivity contribution in [1.29, 1.82) is 0 Å². The minimum atomic E-state index is -3.35. The molecule has 0 atom stereocenters. The molecule has 1 aliphatic rings. The molecule has 0 aliphatic heterocycles. The molecule has 0 bridgehead atoms. The van der Waals surface area contributed by atoms with Crippen LogP contribution in [0.5, 0.6) is 0 Å². The molecule has 0 aromatic heterocycles. The molecule has 0 saturated heterocycles. The molecule has 0 heterocycles. The van der Waals surface area contributed by atoms with Crippen LogP contribution in [0, 0.1) is 0 Å². The highest BCUT2D eigenvalue weighted by Gasteiger charge is 2.17. The van der Waals surface area contributed by atoms with Gasteiger partial charge >= 0.3 is 0 Å². The van der Waals surface area contributed by atoms with Crippen LogP contribution in [0.3, 0.4) is 0 Å². The second kappa shape index (κ2) is 6.50. The summed E-state index contributed by atoms with van der Waals surface area (Å²) in [4.78, 5) is 0.400. The summed E-state index contributed by atoms with van der Waals surface area (Å²) in [7, 11) is -3.35. The van der Waals surface area contributed by atoms with Gasteiger partial charge in [0.2, 0.25) is 10.0 Å². The summed E-state index contributed by atoms with van der Waals surface area (Å²) in [5.41, 5.74) is 2.49. The number of fused-ring (bicyclic) bond motifs is 1. The van der Waals surface area contributed by atoms with Crippen LogP contribution in [-0.2, 0) is 22.9 Å². The van der Waals surface area contributed by atoms with E-state index < -0.39 is 10.0 Å². The van der Waals surface area contributed by atoms with Gasteiger partial charge in [-0.1, -0.05) is 13.0 Å². The van der Waals surface area contributed by atoms with Crippen LogP contribution in [-0.4, -0.2) is 28.1 Å². The Balaban J connectivity index is 1.95. The third-order valence-corrected chi connectivity index (χ3v) is 4.91. The van der Waals surface area contributed by atoms with Crippen molar-refractivity contribution in [3.63, 3.8) is 0 Å². The van der Waals surface area contributed by atoms with Crippen molar-refractivity contribution in [3.8, 4) is 0 Å². The molecule has 0 radical (unpaired) electrons. The summed E-state index contributed by atoms with van der Waals surface area (Å²) in [5, 5.41) is 3.17. The minimum Gasteiger partial charge on any atom is -0.317 e. The first kappa shape index (κ1) is 14.5. The Kier molecular flexibility index (Phi) is 4.96. The number of benzene rings is 1.